The molecule has 0 bridgehead atoms. The van der Waals surface area contributed by atoms with Gasteiger partial charge in [0.05, 0.1) is 11.3 Å². The molecule has 0 saturated heterocycles. The number of H-pyrrole nitrogens is 2. The van der Waals surface area contributed by atoms with Crippen LogP contribution in [0.15, 0.2) is 23.0 Å². The molecule has 0 saturated carbocycles. The van der Waals surface area contributed by atoms with Gasteiger partial charge in [-0.15, -0.1) is 0 Å². The van der Waals surface area contributed by atoms with Gasteiger partial charge in [0.2, 0.25) is 4.77 Å². The van der Waals surface area contributed by atoms with E-state index in [1.54, 1.807) is 12.1 Å². The zero-order valence-electron chi connectivity index (χ0n) is 8.44. The van der Waals surface area contributed by atoms with E-state index in [-0.39, 0.29) is 10.5 Å². The van der Waals surface area contributed by atoms with Crippen molar-refractivity contribution in [1.29, 1.82) is 5.26 Å². The van der Waals surface area contributed by atoms with Crippen LogP contribution in [-0.2, 0) is 0 Å². The van der Waals surface area contributed by atoms with E-state index in [1.165, 1.54) is 4.57 Å². The van der Waals surface area contributed by atoms with Gasteiger partial charge in [0.1, 0.15) is 6.07 Å². The van der Waals surface area contributed by atoms with E-state index in [9.17, 15) is 4.79 Å². The van der Waals surface area contributed by atoms with Gasteiger partial charge in [-0.2, -0.15) is 5.26 Å². The van der Waals surface area contributed by atoms with Crippen LogP contribution in [0, 0.1) is 23.0 Å². The SMILES string of the molecule is Cc1cccc(-n2c(=O)[nH][nH]c2=S)c1C#N. The standard InChI is InChI=1S/C10H8N4OS/c1-6-3-2-4-8(7(6)5-11)14-9(15)12-13-10(14)16/h2-4H,1H3,(H,12,15)(H,13,16). The van der Waals surface area contributed by atoms with E-state index in [2.05, 4.69) is 16.3 Å². The van der Waals surface area contributed by atoms with Gasteiger partial charge in [-0.05, 0) is 30.8 Å². The van der Waals surface area contributed by atoms with E-state index in [1.807, 2.05) is 13.0 Å². The number of aromatic amines is 2. The van der Waals surface area contributed by atoms with Crippen molar-refractivity contribution in [3.05, 3.63) is 44.6 Å². The highest BCUT2D eigenvalue weighted by Gasteiger charge is 2.10. The number of hydrogen-bond acceptors (Lipinski definition) is 3. The number of nitrogens with zero attached hydrogens (tertiary/aromatic N) is 2. The van der Waals surface area contributed by atoms with Crippen LogP contribution in [0.4, 0.5) is 0 Å². The van der Waals surface area contributed by atoms with Gasteiger partial charge < -0.3 is 0 Å². The summed E-state index contributed by atoms with van der Waals surface area (Å²) < 4.78 is 1.51. The summed E-state index contributed by atoms with van der Waals surface area (Å²) in [5.41, 5.74) is 1.37. The third kappa shape index (κ3) is 1.47. The van der Waals surface area contributed by atoms with Gasteiger partial charge in [-0.1, -0.05) is 12.1 Å². The minimum Gasteiger partial charge on any atom is -0.272 e. The molecule has 0 aliphatic heterocycles. The molecular weight excluding hydrogens is 224 g/mol. The molecule has 1 heterocycles. The normalized spacial score (nSPS) is 10.0. The number of aromatic nitrogens is 3. The molecule has 0 amide bonds. The number of aryl methyl sites for hydroxylation is 1. The van der Waals surface area contributed by atoms with Crippen molar-refractivity contribution in [2.24, 2.45) is 0 Å². The summed E-state index contributed by atoms with van der Waals surface area (Å²) in [6.07, 6.45) is 0. The smallest absolute Gasteiger partial charge is 0.272 e. The lowest BCUT2D eigenvalue weighted by molar-refractivity contribution is 0.968. The van der Waals surface area contributed by atoms with Gasteiger partial charge in [0, 0.05) is 0 Å². The summed E-state index contributed by atoms with van der Waals surface area (Å²) in [6.45, 7) is 1.81. The van der Waals surface area contributed by atoms with Crippen LogP contribution < -0.4 is 5.69 Å². The average Bonchev–Trinajstić information content (AvgIpc) is 2.58. The molecule has 80 valence electrons. The van der Waals surface area contributed by atoms with Crippen molar-refractivity contribution in [3.63, 3.8) is 0 Å². The van der Waals surface area contributed by atoms with E-state index in [4.69, 9.17) is 17.5 Å². The molecule has 16 heavy (non-hydrogen) atoms. The van der Waals surface area contributed by atoms with Crippen molar-refractivity contribution in [1.82, 2.24) is 14.8 Å². The minimum absolute atomic E-state index is 0.243. The van der Waals surface area contributed by atoms with Crippen LogP contribution >= 0.6 is 12.2 Å². The third-order valence-electron chi connectivity index (χ3n) is 2.29. The molecule has 0 aliphatic rings. The van der Waals surface area contributed by atoms with Crippen LogP contribution in [0.3, 0.4) is 0 Å². The second-order valence-electron chi connectivity index (χ2n) is 3.28. The molecule has 1 aromatic heterocycles. The maximum absolute atomic E-state index is 11.5. The number of hydrogen-bond donors (Lipinski definition) is 2. The monoisotopic (exact) mass is 232 g/mol. The van der Waals surface area contributed by atoms with E-state index in [0.717, 1.165) is 5.56 Å². The summed E-state index contributed by atoms with van der Waals surface area (Å²) in [6, 6.07) is 7.35. The zero-order chi connectivity index (χ0) is 11.7. The Morgan fingerprint density at radius 1 is 1.44 bits per heavy atom. The first-order valence-corrected chi connectivity index (χ1v) is 4.95. The van der Waals surface area contributed by atoms with Crippen LogP contribution in [0.25, 0.3) is 5.69 Å². The summed E-state index contributed by atoms with van der Waals surface area (Å²) in [5.74, 6) is 0. The lowest BCUT2D eigenvalue weighted by Crippen LogP contribution is -2.16. The summed E-state index contributed by atoms with van der Waals surface area (Å²) >= 11 is 4.97. The Balaban J connectivity index is 2.86. The Morgan fingerprint density at radius 2 is 2.19 bits per heavy atom. The van der Waals surface area contributed by atoms with Crippen molar-refractivity contribution in [2.75, 3.05) is 0 Å². The molecule has 2 N–H and O–H groups in total. The Bertz CT molecular complexity index is 658. The molecule has 0 atom stereocenters. The van der Waals surface area contributed by atoms with Gasteiger partial charge >= 0.3 is 5.69 Å². The largest absolute Gasteiger partial charge is 0.347 e. The van der Waals surface area contributed by atoms with Crippen molar-refractivity contribution >= 4 is 12.2 Å². The molecule has 0 unspecified atom stereocenters. The minimum atomic E-state index is -0.382. The van der Waals surface area contributed by atoms with Gasteiger partial charge in [-0.25, -0.2) is 14.5 Å². The van der Waals surface area contributed by atoms with Crippen LogP contribution in [0.1, 0.15) is 11.1 Å². The zero-order valence-corrected chi connectivity index (χ0v) is 9.26. The van der Waals surface area contributed by atoms with Gasteiger partial charge in [0.15, 0.2) is 0 Å². The number of nitriles is 1. The number of benzene rings is 1. The predicted octanol–water partition coefficient (Wildman–Crippen LogP) is 1.40. The van der Waals surface area contributed by atoms with E-state index < -0.39 is 0 Å². The second-order valence-corrected chi connectivity index (χ2v) is 3.66. The predicted molar refractivity (Wildman–Crippen MR) is 61.0 cm³/mol. The highest BCUT2D eigenvalue weighted by molar-refractivity contribution is 7.71. The first-order valence-electron chi connectivity index (χ1n) is 4.55. The molecule has 2 rings (SSSR count). The maximum atomic E-state index is 11.5. The van der Waals surface area contributed by atoms with Gasteiger partial charge in [0.25, 0.3) is 0 Å². The van der Waals surface area contributed by atoms with Crippen LogP contribution in [-0.4, -0.2) is 14.8 Å². The maximum Gasteiger partial charge on any atom is 0.347 e. The van der Waals surface area contributed by atoms with Crippen molar-refractivity contribution < 1.29 is 0 Å². The fourth-order valence-corrected chi connectivity index (χ4v) is 1.75. The average molecular weight is 232 g/mol. The molecule has 1 aromatic carbocycles. The fraction of sp³-hybridized carbons (Fsp3) is 0.100. The Kier molecular flexibility index (Phi) is 2.46. The topological polar surface area (TPSA) is 77.4 Å². The Morgan fingerprint density at radius 3 is 2.75 bits per heavy atom. The highest BCUT2D eigenvalue weighted by Crippen LogP contribution is 2.15. The Labute approximate surface area is 96.0 Å². The molecule has 0 spiro atoms. The molecule has 6 heteroatoms. The lowest BCUT2D eigenvalue weighted by Gasteiger charge is -2.05. The molecule has 0 aliphatic carbocycles. The lowest BCUT2D eigenvalue weighted by atomic mass is 10.1. The molecular formula is C10H8N4OS. The van der Waals surface area contributed by atoms with Crippen LogP contribution in [0.2, 0.25) is 0 Å². The fourth-order valence-electron chi connectivity index (χ4n) is 1.51. The quantitative estimate of drug-likeness (QED) is 0.729. The van der Waals surface area contributed by atoms with E-state index >= 15 is 0 Å². The van der Waals surface area contributed by atoms with Crippen molar-refractivity contribution in [3.8, 4) is 11.8 Å². The number of rotatable bonds is 1. The third-order valence-corrected chi connectivity index (χ3v) is 2.57. The highest BCUT2D eigenvalue weighted by atomic mass is 32.1. The molecule has 0 radical (unpaired) electrons. The number of nitrogens with one attached hydrogen (secondary N) is 2. The van der Waals surface area contributed by atoms with Crippen molar-refractivity contribution in [2.45, 2.75) is 6.92 Å². The first kappa shape index (κ1) is 10.4. The summed E-state index contributed by atoms with van der Waals surface area (Å²) in [4.78, 5) is 11.5. The summed E-state index contributed by atoms with van der Waals surface area (Å²) in [7, 11) is 0. The molecule has 5 nitrogen and oxygen atoms in total. The second kappa shape index (κ2) is 3.79. The molecule has 2 aromatic rings. The van der Waals surface area contributed by atoms with Gasteiger partial charge in [-0.3, -0.25) is 5.10 Å². The van der Waals surface area contributed by atoms with Crippen LogP contribution in [0.5, 0.6) is 0 Å². The Hall–Kier alpha value is -2.13. The summed E-state index contributed by atoms with van der Waals surface area (Å²) in [5, 5.41) is 14.0. The molecule has 0 fully saturated rings. The first-order chi connectivity index (χ1) is 7.65. The van der Waals surface area contributed by atoms with E-state index in [0.29, 0.717) is 11.3 Å².